The van der Waals surface area contributed by atoms with Gasteiger partial charge in [0.05, 0.1) is 13.2 Å². The molecule has 1 saturated heterocycles. The van der Waals surface area contributed by atoms with Gasteiger partial charge in [-0.3, -0.25) is 9.59 Å². The Morgan fingerprint density at radius 1 is 0.574 bits per heavy atom. The second-order valence-electron chi connectivity index (χ2n) is 13.4. The van der Waals surface area contributed by atoms with Crippen molar-refractivity contribution in [3.05, 3.63) is 0 Å². The normalized spacial score (nSPS) is 21.9. The highest BCUT2D eigenvalue weighted by atomic mass is 16.7. The molecule has 0 aromatic heterocycles. The Kier molecular flexibility index (Phi) is 27.5. The molecule has 0 aromatic rings. The molecule has 278 valence electrons. The van der Waals surface area contributed by atoms with Crippen LogP contribution in [0.25, 0.3) is 0 Å². The number of unbranched alkanes of at least 4 members (excludes halogenated alkanes) is 20. The molecule has 1 heterocycles. The first-order valence-corrected chi connectivity index (χ1v) is 19.1. The van der Waals surface area contributed by atoms with Crippen LogP contribution in [0.15, 0.2) is 0 Å². The van der Waals surface area contributed by atoms with E-state index >= 15 is 0 Å². The molecule has 0 saturated carbocycles. The van der Waals surface area contributed by atoms with Crippen LogP contribution in [0.3, 0.4) is 0 Å². The van der Waals surface area contributed by atoms with Gasteiger partial charge in [0.15, 0.2) is 12.4 Å². The van der Waals surface area contributed by atoms with E-state index in [1.54, 1.807) is 0 Å². The molecule has 10 nitrogen and oxygen atoms in total. The maximum atomic E-state index is 12.7. The van der Waals surface area contributed by atoms with E-state index in [0.29, 0.717) is 6.42 Å². The molecule has 0 spiro atoms. The molecule has 0 aromatic carbocycles. The summed E-state index contributed by atoms with van der Waals surface area (Å²) in [5, 5.41) is 39.8. The molecule has 1 fully saturated rings. The topological polar surface area (TPSA) is 152 Å². The van der Waals surface area contributed by atoms with Crippen molar-refractivity contribution >= 4 is 11.9 Å². The Bertz CT molecular complexity index is 749. The van der Waals surface area contributed by atoms with Gasteiger partial charge in [0.2, 0.25) is 0 Å². The number of hydrogen-bond donors (Lipinski definition) is 4. The van der Waals surface area contributed by atoms with Crippen LogP contribution >= 0.6 is 0 Å². The molecular formula is C37H70O10. The van der Waals surface area contributed by atoms with Gasteiger partial charge < -0.3 is 39.4 Å². The number of hydrogen-bond acceptors (Lipinski definition) is 10. The zero-order valence-electron chi connectivity index (χ0n) is 29.8. The van der Waals surface area contributed by atoms with E-state index in [4.69, 9.17) is 18.9 Å². The molecule has 10 heteroatoms. The Hall–Kier alpha value is -1.30. The fraction of sp³-hybridized carbons (Fsp3) is 0.946. The van der Waals surface area contributed by atoms with Gasteiger partial charge in [0.25, 0.3) is 0 Å². The van der Waals surface area contributed by atoms with Gasteiger partial charge in [-0.25, -0.2) is 0 Å². The largest absolute Gasteiger partial charge is 0.462 e. The lowest BCUT2D eigenvalue weighted by molar-refractivity contribution is -0.305. The summed E-state index contributed by atoms with van der Waals surface area (Å²) < 4.78 is 22.0. The number of carbonyl (C=O) groups is 2. The summed E-state index contributed by atoms with van der Waals surface area (Å²) in [5.41, 5.74) is 0. The minimum absolute atomic E-state index is 0.210. The molecule has 4 N–H and O–H groups in total. The predicted molar refractivity (Wildman–Crippen MR) is 183 cm³/mol. The van der Waals surface area contributed by atoms with Crippen molar-refractivity contribution in [2.24, 2.45) is 0 Å². The second-order valence-corrected chi connectivity index (χ2v) is 13.4. The molecular weight excluding hydrogens is 604 g/mol. The van der Waals surface area contributed by atoms with Crippen molar-refractivity contribution < 1.29 is 49.0 Å². The fourth-order valence-corrected chi connectivity index (χ4v) is 5.89. The summed E-state index contributed by atoms with van der Waals surface area (Å²) in [5.74, 6) is -0.801. The number of aliphatic hydroxyl groups is 4. The molecule has 0 amide bonds. The zero-order chi connectivity index (χ0) is 34.5. The maximum absolute atomic E-state index is 12.7. The quantitative estimate of drug-likeness (QED) is 0.0464. The van der Waals surface area contributed by atoms with Gasteiger partial charge in [0, 0.05) is 12.8 Å². The minimum Gasteiger partial charge on any atom is -0.462 e. The summed E-state index contributed by atoms with van der Waals surface area (Å²) >= 11 is 0. The minimum atomic E-state index is -1.59. The summed E-state index contributed by atoms with van der Waals surface area (Å²) in [6, 6.07) is 0. The smallest absolute Gasteiger partial charge is 0.306 e. The maximum Gasteiger partial charge on any atom is 0.306 e. The monoisotopic (exact) mass is 674 g/mol. The lowest BCUT2D eigenvalue weighted by Crippen LogP contribution is -2.59. The second kappa shape index (κ2) is 29.6. The Morgan fingerprint density at radius 3 is 1.45 bits per heavy atom. The molecule has 6 atom stereocenters. The Labute approximate surface area is 285 Å². The van der Waals surface area contributed by atoms with Crippen LogP contribution < -0.4 is 0 Å². The first kappa shape index (κ1) is 43.7. The van der Waals surface area contributed by atoms with E-state index in [1.807, 2.05) is 0 Å². The molecule has 0 radical (unpaired) electrons. The predicted octanol–water partition coefficient (Wildman–Crippen LogP) is 6.66. The van der Waals surface area contributed by atoms with Gasteiger partial charge in [-0.05, 0) is 12.8 Å². The highest BCUT2D eigenvalue weighted by molar-refractivity contribution is 5.70. The van der Waals surface area contributed by atoms with Crippen LogP contribution in [0.4, 0.5) is 0 Å². The SMILES string of the molecule is CCCCCCCCCCCCCCC(=O)O[C@H](COC(=O)CCCCCCCCCCCC)CO[C@@H]1O[C@H](CO)[C@H](O)[C@H](O)[C@H]1O. The van der Waals surface area contributed by atoms with Gasteiger partial charge >= 0.3 is 11.9 Å². The van der Waals surface area contributed by atoms with Crippen molar-refractivity contribution in [3.63, 3.8) is 0 Å². The van der Waals surface area contributed by atoms with Crippen molar-refractivity contribution in [2.75, 3.05) is 19.8 Å². The molecule has 47 heavy (non-hydrogen) atoms. The number of ether oxygens (including phenoxy) is 4. The van der Waals surface area contributed by atoms with Crippen LogP contribution in [0, 0.1) is 0 Å². The van der Waals surface area contributed by atoms with Crippen LogP contribution in [0.5, 0.6) is 0 Å². The summed E-state index contributed by atoms with van der Waals surface area (Å²) in [7, 11) is 0. The van der Waals surface area contributed by atoms with Crippen LogP contribution in [-0.2, 0) is 28.5 Å². The summed E-state index contributed by atoms with van der Waals surface area (Å²) in [6.07, 6.45) is 18.3. The Balaban J connectivity index is 2.40. The molecule has 1 aliphatic heterocycles. The fourth-order valence-electron chi connectivity index (χ4n) is 5.89. The number of aliphatic hydroxyl groups excluding tert-OH is 4. The number of esters is 2. The third-order valence-corrected chi connectivity index (χ3v) is 8.99. The van der Waals surface area contributed by atoms with E-state index in [2.05, 4.69) is 13.8 Å². The lowest BCUT2D eigenvalue weighted by Gasteiger charge is -2.39. The zero-order valence-corrected chi connectivity index (χ0v) is 29.8. The highest BCUT2D eigenvalue weighted by Crippen LogP contribution is 2.22. The van der Waals surface area contributed by atoms with E-state index < -0.39 is 49.4 Å². The van der Waals surface area contributed by atoms with Gasteiger partial charge in [-0.1, -0.05) is 142 Å². The summed E-state index contributed by atoms with van der Waals surface area (Å²) in [4.78, 5) is 25.1. The van der Waals surface area contributed by atoms with Crippen molar-refractivity contribution in [2.45, 2.75) is 205 Å². The lowest BCUT2D eigenvalue weighted by atomic mass is 9.99. The average molecular weight is 675 g/mol. The van der Waals surface area contributed by atoms with Crippen LogP contribution in [0.2, 0.25) is 0 Å². The van der Waals surface area contributed by atoms with E-state index in [9.17, 15) is 30.0 Å². The van der Waals surface area contributed by atoms with E-state index in [-0.39, 0.29) is 32.0 Å². The third kappa shape index (κ3) is 22.1. The van der Waals surface area contributed by atoms with Gasteiger partial charge in [-0.2, -0.15) is 0 Å². The molecule has 0 aliphatic carbocycles. The van der Waals surface area contributed by atoms with E-state index in [1.165, 1.54) is 96.3 Å². The highest BCUT2D eigenvalue weighted by Gasteiger charge is 2.44. The van der Waals surface area contributed by atoms with Crippen molar-refractivity contribution in [1.82, 2.24) is 0 Å². The van der Waals surface area contributed by atoms with Crippen LogP contribution in [-0.4, -0.2) is 89.0 Å². The summed E-state index contributed by atoms with van der Waals surface area (Å²) in [6.45, 7) is 3.39. The first-order valence-electron chi connectivity index (χ1n) is 19.1. The Morgan fingerprint density at radius 2 is 1.00 bits per heavy atom. The molecule has 0 bridgehead atoms. The van der Waals surface area contributed by atoms with E-state index in [0.717, 1.165) is 38.5 Å². The van der Waals surface area contributed by atoms with Gasteiger partial charge in [-0.15, -0.1) is 0 Å². The molecule has 1 aliphatic rings. The average Bonchev–Trinajstić information content (AvgIpc) is 3.06. The number of rotatable bonds is 31. The van der Waals surface area contributed by atoms with Crippen molar-refractivity contribution in [3.8, 4) is 0 Å². The number of carbonyl (C=O) groups excluding carboxylic acids is 2. The van der Waals surface area contributed by atoms with Gasteiger partial charge in [0.1, 0.15) is 31.0 Å². The standard InChI is InChI=1S/C37H70O10/c1-3-5-7-9-11-13-15-16-18-20-22-24-26-33(40)46-30(29-45-37-36(43)35(42)34(41)31(27-38)47-37)28-44-32(39)25-23-21-19-17-14-12-10-8-6-4-2/h30-31,34-38,41-43H,3-29H2,1-2H3/t30-,31-,34+,35+,36-,37-/m1/s1. The van der Waals surface area contributed by atoms with Crippen molar-refractivity contribution in [1.29, 1.82) is 0 Å². The molecule has 0 unspecified atom stereocenters. The molecule has 1 rings (SSSR count). The first-order chi connectivity index (χ1) is 22.8. The van der Waals surface area contributed by atoms with Crippen LogP contribution in [0.1, 0.15) is 168 Å². The third-order valence-electron chi connectivity index (χ3n) is 8.99.